The maximum atomic E-state index is 12.4. The van der Waals surface area contributed by atoms with Gasteiger partial charge in [0, 0.05) is 37.4 Å². The summed E-state index contributed by atoms with van der Waals surface area (Å²) in [5.74, 6) is 0.921. The molecule has 188 valence electrons. The molecule has 3 aromatic rings. The lowest BCUT2D eigenvalue weighted by atomic mass is 10.0. The third kappa shape index (κ3) is 6.08. The zero-order valence-corrected chi connectivity index (χ0v) is 21.2. The van der Waals surface area contributed by atoms with Crippen LogP contribution in [0.15, 0.2) is 72.8 Å². The standard InChI is InChI=1S/C31H37N3O2/c1-36-30-9-5-4-6-24(30)14-17-32-31(35)20-23-10-12-29(13-11-23)34-18-15-27(16-19-34)33-28-21-25-7-2-3-8-26(25)22-28/h2-13,27-28,33H,14-22H2,1H3,(H,32,35). The summed E-state index contributed by atoms with van der Waals surface area (Å²) in [7, 11) is 1.68. The van der Waals surface area contributed by atoms with Crippen molar-refractivity contribution >= 4 is 11.6 Å². The predicted molar refractivity (Wildman–Crippen MR) is 146 cm³/mol. The Bertz CT molecular complexity index is 1130. The van der Waals surface area contributed by atoms with Gasteiger partial charge in [-0.15, -0.1) is 0 Å². The van der Waals surface area contributed by atoms with Gasteiger partial charge in [-0.3, -0.25) is 4.79 Å². The number of hydrogen-bond acceptors (Lipinski definition) is 4. The van der Waals surface area contributed by atoms with Gasteiger partial charge >= 0.3 is 0 Å². The molecule has 0 aromatic heterocycles. The third-order valence-corrected chi connectivity index (χ3v) is 7.59. The molecule has 1 saturated heterocycles. The van der Waals surface area contributed by atoms with E-state index in [1.165, 1.54) is 29.7 Å². The summed E-state index contributed by atoms with van der Waals surface area (Å²) < 4.78 is 5.39. The smallest absolute Gasteiger partial charge is 0.224 e. The number of methoxy groups -OCH3 is 1. The highest BCUT2D eigenvalue weighted by Gasteiger charge is 2.26. The molecule has 0 saturated carbocycles. The lowest BCUT2D eigenvalue weighted by molar-refractivity contribution is -0.120. The molecule has 0 unspecified atom stereocenters. The van der Waals surface area contributed by atoms with Crippen molar-refractivity contribution in [3.63, 3.8) is 0 Å². The average molecular weight is 484 g/mol. The second-order valence-corrected chi connectivity index (χ2v) is 10.1. The number of fused-ring (bicyclic) bond motifs is 1. The van der Waals surface area contributed by atoms with E-state index in [0.29, 0.717) is 25.0 Å². The number of para-hydroxylation sites is 1. The van der Waals surface area contributed by atoms with Crippen LogP contribution in [-0.4, -0.2) is 44.7 Å². The molecule has 1 amide bonds. The van der Waals surface area contributed by atoms with Crippen LogP contribution in [0.4, 0.5) is 5.69 Å². The van der Waals surface area contributed by atoms with E-state index in [-0.39, 0.29) is 5.91 Å². The summed E-state index contributed by atoms with van der Waals surface area (Å²) in [6.07, 6.45) is 5.82. The second kappa shape index (κ2) is 11.6. The fourth-order valence-corrected chi connectivity index (χ4v) is 5.63. The van der Waals surface area contributed by atoms with Crippen LogP contribution in [0.2, 0.25) is 0 Å². The summed E-state index contributed by atoms with van der Waals surface area (Å²) in [5, 5.41) is 6.96. The fourth-order valence-electron chi connectivity index (χ4n) is 5.63. The van der Waals surface area contributed by atoms with E-state index in [1.54, 1.807) is 7.11 Å². The van der Waals surface area contributed by atoms with Crippen molar-refractivity contribution in [1.82, 2.24) is 10.6 Å². The summed E-state index contributed by atoms with van der Waals surface area (Å²) in [5.41, 5.74) is 6.43. The molecular weight excluding hydrogens is 446 g/mol. The topological polar surface area (TPSA) is 53.6 Å². The lowest BCUT2D eigenvalue weighted by Crippen LogP contribution is -2.46. The largest absolute Gasteiger partial charge is 0.496 e. The molecule has 5 rings (SSSR count). The normalized spacial score (nSPS) is 16.1. The van der Waals surface area contributed by atoms with Crippen LogP contribution in [0.1, 0.15) is 35.1 Å². The van der Waals surface area contributed by atoms with Crippen LogP contribution in [0.25, 0.3) is 0 Å². The first-order valence-electron chi connectivity index (χ1n) is 13.2. The summed E-state index contributed by atoms with van der Waals surface area (Å²) in [6, 6.07) is 26.5. The van der Waals surface area contributed by atoms with E-state index in [0.717, 1.165) is 49.2 Å². The Balaban J connectivity index is 1.03. The van der Waals surface area contributed by atoms with Gasteiger partial charge in [-0.2, -0.15) is 0 Å². The van der Waals surface area contributed by atoms with Gasteiger partial charge in [0.2, 0.25) is 5.91 Å². The minimum absolute atomic E-state index is 0.0543. The number of piperidine rings is 1. The number of rotatable bonds is 9. The van der Waals surface area contributed by atoms with Gasteiger partial charge in [-0.1, -0.05) is 54.6 Å². The van der Waals surface area contributed by atoms with E-state index in [4.69, 9.17) is 4.74 Å². The second-order valence-electron chi connectivity index (χ2n) is 10.1. The minimum atomic E-state index is 0.0543. The van der Waals surface area contributed by atoms with Crippen molar-refractivity contribution in [2.75, 3.05) is 31.6 Å². The van der Waals surface area contributed by atoms with Gasteiger partial charge in [0.15, 0.2) is 0 Å². The monoisotopic (exact) mass is 483 g/mol. The van der Waals surface area contributed by atoms with Gasteiger partial charge in [0.05, 0.1) is 13.5 Å². The zero-order valence-electron chi connectivity index (χ0n) is 21.2. The molecule has 1 fully saturated rings. The highest BCUT2D eigenvalue weighted by molar-refractivity contribution is 5.78. The van der Waals surface area contributed by atoms with Crippen LogP contribution in [0.5, 0.6) is 5.75 Å². The number of ether oxygens (including phenoxy) is 1. The molecule has 1 aliphatic carbocycles. The van der Waals surface area contributed by atoms with E-state index in [2.05, 4.69) is 64.1 Å². The molecule has 0 atom stereocenters. The summed E-state index contributed by atoms with van der Waals surface area (Å²) in [4.78, 5) is 14.9. The van der Waals surface area contributed by atoms with E-state index in [9.17, 15) is 4.79 Å². The third-order valence-electron chi connectivity index (χ3n) is 7.59. The Morgan fingerprint density at radius 2 is 1.56 bits per heavy atom. The molecule has 2 N–H and O–H groups in total. The summed E-state index contributed by atoms with van der Waals surface area (Å²) in [6.45, 7) is 2.74. The first-order valence-corrected chi connectivity index (χ1v) is 13.2. The molecule has 5 nitrogen and oxygen atoms in total. The Kier molecular flexibility index (Phi) is 7.87. The lowest BCUT2D eigenvalue weighted by Gasteiger charge is -2.35. The first kappa shape index (κ1) is 24.4. The number of carbonyl (C=O) groups excluding carboxylic acids is 1. The maximum Gasteiger partial charge on any atom is 0.224 e. The highest BCUT2D eigenvalue weighted by atomic mass is 16.5. The van der Waals surface area contributed by atoms with Crippen molar-refractivity contribution in [1.29, 1.82) is 0 Å². The van der Waals surface area contributed by atoms with Crippen molar-refractivity contribution in [3.05, 3.63) is 95.1 Å². The first-order chi connectivity index (χ1) is 17.7. The van der Waals surface area contributed by atoms with Gasteiger partial charge in [0.25, 0.3) is 0 Å². The molecule has 0 bridgehead atoms. The SMILES string of the molecule is COc1ccccc1CCNC(=O)Cc1ccc(N2CCC(NC3Cc4ccccc4C3)CC2)cc1. The van der Waals surface area contributed by atoms with Crippen molar-refractivity contribution in [2.45, 2.75) is 50.6 Å². The van der Waals surface area contributed by atoms with E-state index < -0.39 is 0 Å². The molecule has 0 radical (unpaired) electrons. The molecule has 0 spiro atoms. The van der Waals surface area contributed by atoms with Gasteiger partial charge < -0.3 is 20.3 Å². The Hall–Kier alpha value is -3.31. The number of carbonyl (C=O) groups is 1. The molecule has 5 heteroatoms. The van der Waals surface area contributed by atoms with Gasteiger partial charge in [0.1, 0.15) is 5.75 Å². The molecule has 2 aliphatic rings. The van der Waals surface area contributed by atoms with Crippen molar-refractivity contribution < 1.29 is 9.53 Å². The van der Waals surface area contributed by atoms with E-state index in [1.807, 2.05) is 24.3 Å². The number of amides is 1. The van der Waals surface area contributed by atoms with Crippen LogP contribution in [0, 0.1) is 0 Å². The van der Waals surface area contributed by atoms with E-state index >= 15 is 0 Å². The molecule has 3 aromatic carbocycles. The maximum absolute atomic E-state index is 12.4. The number of hydrogen-bond donors (Lipinski definition) is 2. The zero-order chi connectivity index (χ0) is 24.7. The minimum Gasteiger partial charge on any atom is -0.496 e. The van der Waals surface area contributed by atoms with Gasteiger partial charge in [-0.05, 0) is 72.6 Å². The number of nitrogens with one attached hydrogen (secondary N) is 2. The Morgan fingerprint density at radius 3 is 2.25 bits per heavy atom. The summed E-state index contributed by atoms with van der Waals surface area (Å²) >= 11 is 0. The number of anilines is 1. The Labute approximate surface area is 214 Å². The van der Waals surface area contributed by atoms with Crippen LogP contribution in [0.3, 0.4) is 0 Å². The quantitative estimate of drug-likeness (QED) is 0.476. The molecule has 36 heavy (non-hydrogen) atoms. The van der Waals surface area contributed by atoms with Gasteiger partial charge in [-0.25, -0.2) is 0 Å². The molecule has 1 aliphatic heterocycles. The van der Waals surface area contributed by atoms with Crippen LogP contribution in [-0.2, 0) is 30.5 Å². The fraction of sp³-hybridized carbons (Fsp3) is 0.387. The predicted octanol–water partition coefficient (Wildman–Crippen LogP) is 4.32. The van der Waals surface area contributed by atoms with Crippen LogP contribution < -0.4 is 20.3 Å². The average Bonchev–Trinajstić information content (AvgIpc) is 3.32. The highest BCUT2D eigenvalue weighted by Crippen LogP contribution is 2.25. The Morgan fingerprint density at radius 1 is 0.889 bits per heavy atom. The molecular formula is C31H37N3O2. The number of benzene rings is 3. The molecule has 1 heterocycles. The van der Waals surface area contributed by atoms with Crippen molar-refractivity contribution in [2.24, 2.45) is 0 Å². The number of nitrogens with zero attached hydrogens (tertiary/aromatic N) is 1. The van der Waals surface area contributed by atoms with Crippen molar-refractivity contribution in [3.8, 4) is 5.75 Å². The van der Waals surface area contributed by atoms with Crippen LogP contribution >= 0.6 is 0 Å².